The first-order chi connectivity index (χ1) is 5.55. The summed E-state index contributed by atoms with van der Waals surface area (Å²) >= 11 is 0. The van der Waals surface area contributed by atoms with Crippen LogP contribution in [0.15, 0.2) is 12.4 Å². The highest BCUT2D eigenvalue weighted by atomic mass is 16.5. The Morgan fingerprint density at radius 3 is 2.75 bits per heavy atom. The van der Waals surface area contributed by atoms with Gasteiger partial charge in [0, 0.05) is 19.5 Å². The minimum absolute atomic E-state index is 0.200. The normalized spacial score (nSPS) is 11.9. The summed E-state index contributed by atoms with van der Waals surface area (Å²) in [4.78, 5) is 3.92. The Morgan fingerprint density at radius 1 is 1.67 bits per heavy atom. The molecule has 4 nitrogen and oxygen atoms in total. The van der Waals surface area contributed by atoms with Gasteiger partial charge in [-0.05, 0) is 13.8 Å². The zero-order valence-corrected chi connectivity index (χ0v) is 7.74. The summed E-state index contributed by atoms with van der Waals surface area (Å²) < 4.78 is 7.13. The van der Waals surface area contributed by atoms with Gasteiger partial charge in [0.05, 0.1) is 12.1 Å². The van der Waals surface area contributed by atoms with Crippen LogP contribution in [0.1, 0.15) is 13.8 Å². The van der Waals surface area contributed by atoms with Crippen molar-refractivity contribution in [1.82, 2.24) is 9.55 Å². The van der Waals surface area contributed by atoms with Gasteiger partial charge in [-0.3, -0.25) is 0 Å². The van der Waals surface area contributed by atoms with Crippen molar-refractivity contribution in [2.45, 2.75) is 26.0 Å². The largest absolute Gasteiger partial charge is 0.377 e. The first-order valence-corrected chi connectivity index (χ1v) is 3.87. The Kier molecular flexibility index (Phi) is 2.38. The van der Waals surface area contributed by atoms with Gasteiger partial charge in [0.1, 0.15) is 0 Å². The first-order valence-electron chi connectivity index (χ1n) is 3.87. The molecule has 1 aromatic rings. The van der Waals surface area contributed by atoms with E-state index in [-0.39, 0.29) is 5.60 Å². The van der Waals surface area contributed by atoms with Gasteiger partial charge in [-0.2, -0.15) is 0 Å². The minimum Gasteiger partial charge on any atom is -0.377 e. The lowest BCUT2D eigenvalue weighted by Crippen LogP contribution is -2.29. The van der Waals surface area contributed by atoms with E-state index in [1.54, 1.807) is 13.3 Å². The van der Waals surface area contributed by atoms with E-state index in [2.05, 4.69) is 4.98 Å². The van der Waals surface area contributed by atoms with Crippen molar-refractivity contribution < 1.29 is 4.74 Å². The number of nitrogen functional groups attached to an aromatic ring is 1. The summed E-state index contributed by atoms with van der Waals surface area (Å²) in [5.41, 5.74) is 5.40. The number of imidazole rings is 1. The van der Waals surface area contributed by atoms with Crippen molar-refractivity contribution in [3.05, 3.63) is 12.4 Å². The molecule has 1 rings (SSSR count). The average molecular weight is 169 g/mol. The molecule has 1 heterocycles. The van der Waals surface area contributed by atoms with Crippen LogP contribution in [-0.2, 0) is 11.3 Å². The third kappa shape index (κ3) is 1.98. The molecule has 4 heteroatoms. The standard InChI is InChI=1S/C8H15N3O/c1-8(2,12-3)6-11-5-4-10-7(11)9/h4-5H,6H2,1-3H3,(H2,9,10). The number of nitrogens with two attached hydrogens (primary N) is 1. The van der Waals surface area contributed by atoms with Gasteiger partial charge in [0.2, 0.25) is 0 Å². The van der Waals surface area contributed by atoms with E-state index in [0.29, 0.717) is 5.95 Å². The molecule has 0 aliphatic carbocycles. The number of rotatable bonds is 3. The number of anilines is 1. The topological polar surface area (TPSA) is 53.1 Å². The fourth-order valence-corrected chi connectivity index (χ4v) is 0.949. The maximum absolute atomic E-state index is 5.60. The van der Waals surface area contributed by atoms with E-state index < -0.39 is 0 Å². The molecule has 2 N–H and O–H groups in total. The summed E-state index contributed by atoms with van der Waals surface area (Å²) in [5, 5.41) is 0. The second-order valence-corrected chi connectivity index (χ2v) is 3.38. The Bertz CT molecular complexity index is 255. The van der Waals surface area contributed by atoms with Gasteiger partial charge in [-0.15, -0.1) is 0 Å². The van der Waals surface area contributed by atoms with Crippen LogP contribution in [-0.4, -0.2) is 22.3 Å². The fraction of sp³-hybridized carbons (Fsp3) is 0.625. The van der Waals surface area contributed by atoms with Crippen LogP contribution in [0.3, 0.4) is 0 Å². The van der Waals surface area contributed by atoms with Crippen molar-refractivity contribution in [2.75, 3.05) is 12.8 Å². The molecule has 0 unspecified atom stereocenters. The van der Waals surface area contributed by atoms with Crippen LogP contribution in [0.4, 0.5) is 5.95 Å². The van der Waals surface area contributed by atoms with E-state index >= 15 is 0 Å². The van der Waals surface area contributed by atoms with Crippen molar-refractivity contribution in [1.29, 1.82) is 0 Å². The summed E-state index contributed by atoms with van der Waals surface area (Å²) in [6.45, 7) is 4.73. The van der Waals surface area contributed by atoms with Gasteiger partial charge in [-0.1, -0.05) is 0 Å². The zero-order valence-electron chi connectivity index (χ0n) is 7.74. The molecule has 0 spiro atoms. The predicted octanol–water partition coefficient (Wildman–Crippen LogP) is 0.890. The summed E-state index contributed by atoms with van der Waals surface area (Å²) in [6.07, 6.45) is 3.52. The maximum Gasteiger partial charge on any atom is 0.200 e. The molecule has 0 aliphatic rings. The highest BCUT2D eigenvalue weighted by Gasteiger charge is 2.17. The first kappa shape index (κ1) is 9.06. The van der Waals surface area contributed by atoms with Gasteiger partial charge in [-0.25, -0.2) is 4.98 Å². The zero-order chi connectivity index (χ0) is 9.19. The number of hydrogen-bond donors (Lipinski definition) is 1. The second kappa shape index (κ2) is 3.15. The quantitative estimate of drug-likeness (QED) is 0.731. The summed E-state index contributed by atoms with van der Waals surface area (Å²) in [6, 6.07) is 0. The number of nitrogens with zero attached hydrogens (tertiary/aromatic N) is 2. The molecule has 0 saturated carbocycles. The predicted molar refractivity (Wildman–Crippen MR) is 47.7 cm³/mol. The van der Waals surface area contributed by atoms with E-state index in [1.807, 2.05) is 24.6 Å². The van der Waals surface area contributed by atoms with Crippen molar-refractivity contribution in [3.63, 3.8) is 0 Å². The highest BCUT2D eigenvalue weighted by Crippen LogP contribution is 2.12. The number of ether oxygens (including phenoxy) is 1. The summed E-state index contributed by atoms with van der Waals surface area (Å²) in [7, 11) is 1.69. The van der Waals surface area contributed by atoms with Gasteiger partial charge >= 0.3 is 0 Å². The lowest BCUT2D eigenvalue weighted by Gasteiger charge is -2.23. The average Bonchev–Trinajstić information content (AvgIpc) is 2.36. The monoisotopic (exact) mass is 169 g/mol. The maximum atomic E-state index is 5.60. The molecule has 0 atom stereocenters. The summed E-state index contributed by atoms with van der Waals surface area (Å²) in [5.74, 6) is 0.528. The van der Waals surface area contributed by atoms with E-state index in [4.69, 9.17) is 10.5 Å². The lowest BCUT2D eigenvalue weighted by molar-refractivity contribution is 0.00862. The van der Waals surface area contributed by atoms with Gasteiger partial charge in [0.15, 0.2) is 5.95 Å². The Labute approximate surface area is 72.3 Å². The molecule has 0 amide bonds. The van der Waals surface area contributed by atoms with Crippen molar-refractivity contribution in [3.8, 4) is 0 Å². The highest BCUT2D eigenvalue weighted by molar-refractivity contribution is 5.16. The number of hydrogen-bond acceptors (Lipinski definition) is 3. The fourth-order valence-electron chi connectivity index (χ4n) is 0.949. The molecule has 0 saturated heterocycles. The number of methoxy groups -OCH3 is 1. The minimum atomic E-state index is -0.200. The van der Waals surface area contributed by atoms with Crippen LogP contribution >= 0.6 is 0 Å². The van der Waals surface area contributed by atoms with Crippen LogP contribution in [0.2, 0.25) is 0 Å². The molecule has 0 fully saturated rings. The molecular weight excluding hydrogens is 154 g/mol. The SMILES string of the molecule is COC(C)(C)Cn1ccnc1N. The molecule has 0 radical (unpaired) electrons. The Hall–Kier alpha value is -1.03. The molecule has 0 aliphatic heterocycles. The van der Waals surface area contributed by atoms with E-state index in [1.165, 1.54) is 0 Å². The molecule has 68 valence electrons. The number of aromatic nitrogens is 2. The van der Waals surface area contributed by atoms with Crippen LogP contribution in [0.5, 0.6) is 0 Å². The van der Waals surface area contributed by atoms with E-state index in [9.17, 15) is 0 Å². The van der Waals surface area contributed by atoms with Crippen LogP contribution < -0.4 is 5.73 Å². The molecular formula is C8H15N3O. The smallest absolute Gasteiger partial charge is 0.200 e. The van der Waals surface area contributed by atoms with Gasteiger partial charge in [0.25, 0.3) is 0 Å². The van der Waals surface area contributed by atoms with Crippen LogP contribution in [0.25, 0.3) is 0 Å². The molecule has 0 bridgehead atoms. The second-order valence-electron chi connectivity index (χ2n) is 3.38. The third-order valence-electron chi connectivity index (χ3n) is 1.85. The van der Waals surface area contributed by atoms with Crippen molar-refractivity contribution >= 4 is 5.95 Å². The third-order valence-corrected chi connectivity index (χ3v) is 1.85. The Morgan fingerprint density at radius 2 is 2.33 bits per heavy atom. The van der Waals surface area contributed by atoms with Crippen LogP contribution in [0, 0.1) is 0 Å². The van der Waals surface area contributed by atoms with Gasteiger partial charge < -0.3 is 15.0 Å². The molecule has 1 aromatic heterocycles. The van der Waals surface area contributed by atoms with E-state index in [0.717, 1.165) is 6.54 Å². The van der Waals surface area contributed by atoms with Crippen molar-refractivity contribution in [2.24, 2.45) is 0 Å². The molecule has 12 heavy (non-hydrogen) atoms. The molecule has 0 aromatic carbocycles. The Balaban J connectivity index is 2.70. The lowest BCUT2D eigenvalue weighted by atomic mass is 10.1.